The molecule has 0 bridgehead atoms. The van der Waals surface area contributed by atoms with Crippen LogP contribution in [-0.2, 0) is 4.79 Å². The summed E-state index contributed by atoms with van der Waals surface area (Å²) in [6.07, 6.45) is 6.19. The average Bonchev–Trinajstić information content (AvgIpc) is 2.30. The van der Waals surface area contributed by atoms with Crippen molar-refractivity contribution in [1.29, 1.82) is 0 Å². The van der Waals surface area contributed by atoms with Crippen molar-refractivity contribution in [2.24, 2.45) is 5.92 Å². The van der Waals surface area contributed by atoms with Crippen LogP contribution < -0.4 is 5.32 Å². The van der Waals surface area contributed by atoms with Crippen molar-refractivity contribution in [1.82, 2.24) is 5.32 Å². The van der Waals surface area contributed by atoms with E-state index < -0.39 is 0 Å². The Morgan fingerprint density at radius 3 is 2.62 bits per heavy atom. The van der Waals surface area contributed by atoms with Crippen LogP contribution in [0.4, 0.5) is 0 Å². The van der Waals surface area contributed by atoms with Crippen molar-refractivity contribution < 1.29 is 15.0 Å². The summed E-state index contributed by atoms with van der Waals surface area (Å²) < 4.78 is 0. The number of carbonyl (C=O) groups excluding carboxylic acids is 1. The Morgan fingerprint density at radius 1 is 1.19 bits per heavy atom. The summed E-state index contributed by atoms with van der Waals surface area (Å²) in [7, 11) is 0. The number of nitrogens with one attached hydrogen (secondary N) is 1. The van der Waals surface area contributed by atoms with Gasteiger partial charge in [-0.3, -0.25) is 4.79 Å². The van der Waals surface area contributed by atoms with Gasteiger partial charge in [0.15, 0.2) is 0 Å². The molecule has 1 saturated carbocycles. The Kier molecular flexibility index (Phi) is 6.42. The highest BCUT2D eigenvalue weighted by Crippen LogP contribution is 2.23. The fourth-order valence-electron chi connectivity index (χ4n) is 2.29. The molecule has 4 nitrogen and oxygen atoms in total. The third kappa shape index (κ3) is 4.49. The quantitative estimate of drug-likeness (QED) is 0.590. The van der Waals surface area contributed by atoms with Crippen LogP contribution in [0.3, 0.4) is 0 Å². The molecular weight excluding hydrogens is 206 g/mol. The van der Waals surface area contributed by atoms with E-state index >= 15 is 0 Å². The average molecular weight is 229 g/mol. The van der Waals surface area contributed by atoms with Gasteiger partial charge in [0.25, 0.3) is 0 Å². The van der Waals surface area contributed by atoms with E-state index in [1.54, 1.807) is 0 Å². The molecule has 1 amide bonds. The molecule has 0 saturated heterocycles. The normalized spacial score (nSPS) is 25.4. The topological polar surface area (TPSA) is 69.6 Å². The van der Waals surface area contributed by atoms with Crippen molar-refractivity contribution in [3.8, 4) is 0 Å². The Morgan fingerprint density at radius 2 is 1.94 bits per heavy atom. The van der Waals surface area contributed by atoms with Crippen LogP contribution in [0.2, 0.25) is 0 Å². The second-order valence-electron chi connectivity index (χ2n) is 4.58. The summed E-state index contributed by atoms with van der Waals surface area (Å²) in [5.41, 5.74) is 0. The van der Waals surface area contributed by atoms with Crippen LogP contribution >= 0.6 is 0 Å². The predicted molar refractivity (Wildman–Crippen MR) is 61.9 cm³/mol. The smallest absolute Gasteiger partial charge is 0.220 e. The number of unbranched alkanes of at least 4 members (excludes halogenated alkanes) is 1. The molecule has 3 N–H and O–H groups in total. The Labute approximate surface area is 97.0 Å². The maximum atomic E-state index is 11.6. The van der Waals surface area contributed by atoms with Gasteiger partial charge in [-0.15, -0.1) is 0 Å². The number of carbonyl (C=O) groups is 1. The van der Waals surface area contributed by atoms with E-state index in [1.807, 2.05) is 0 Å². The number of hydrogen-bond donors (Lipinski definition) is 3. The molecule has 1 fully saturated rings. The van der Waals surface area contributed by atoms with Crippen LogP contribution in [0, 0.1) is 5.92 Å². The van der Waals surface area contributed by atoms with Crippen molar-refractivity contribution in [3.05, 3.63) is 0 Å². The minimum Gasteiger partial charge on any atom is -0.396 e. The van der Waals surface area contributed by atoms with E-state index in [-0.39, 0.29) is 31.1 Å². The molecule has 0 aliphatic heterocycles. The van der Waals surface area contributed by atoms with E-state index in [9.17, 15) is 9.90 Å². The van der Waals surface area contributed by atoms with E-state index in [2.05, 4.69) is 5.32 Å². The Bertz CT molecular complexity index is 208. The molecule has 0 heterocycles. The van der Waals surface area contributed by atoms with Gasteiger partial charge in [0.05, 0.1) is 0 Å². The lowest BCUT2D eigenvalue weighted by Gasteiger charge is -2.30. The first kappa shape index (κ1) is 13.5. The zero-order valence-electron chi connectivity index (χ0n) is 9.82. The fraction of sp³-hybridized carbons (Fsp3) is 0.917. The second-order valence-corrected chi connectivity index (χ2v) is 4.58. The maximum Gasteiger partial charge on any atom is 0.220 e. The lowest BCUT2D eigenvalue weighted by Crippen LogP contribution is -2.43. The predicted octanol–water partition coefficient (Wildman–Crippen LogP) is 0.816. The van der Waals surface area contributed by atoms with Gasteiger partial charge < -0.3 is 15.5 Å². The largest absolute Gasteiger partial charge is 0.396 e. The van der Waals surface area contributed by atoms with Crippen LogP contribution in [0.15, 0.2) is 0 Å². The third-order valence-electron chi connectivity index (χ3n) is 3.30. The molecule has 4 heteroatoms. The van der Waals surface area contributed by atoms with Gasteiger partial charge >= 0.3 is 0 Å². The number of rotatable bonds is 6. The summed E-state index contributed by atoms with van der Waals surface area (Å²) in [6, 6.07) is 0.153. The van der Waals surface area contributed by atoms with Gasteiger partial charge in [-0.05, 0) is 25.7 Å². The number of aliphatic hydroxyl groups excluding tert-OH is 2. The van der Waals surface area contributed by atoms with Gasteiger partial charge in [0.1, 0.15) is 0 Å². The highest BCUT2D eigenvalue weighted by molar-refractivity contribution is 5.76. The molecule has 0 aromatic carbocycles. The highest BCUT2D eigenvalue weighted by atomic mass is 16.3. The van der Waals surface area contributed by atoms with Crippen LogP contribution in [-0.4, -0.2) is 35.4 Å². The molecule has 1 aliphatic rings. The van der Waals surface area contributed by atoms with E-state index in [1.165, 1.54) is 0 Å². The van der Waals surface area contributed by atoms with Gasteiger partial charge in [0.2, 0.25) is 5.91 Å². The standard InChI is InChI=1S/C12H23NO3/c14-8-4-3-7-12(16)13-11-6-2-1-5-10(11)9-15/h10-11,14-15H,1-9H2,(H,13,16). The van der Waals surface area contributed by atoms with Gasteiger partial charge in [-0.1, -0.05) is 12.8 Å². The van der Waals surface area contributed by atoms with Crippen molar-refractivity contribution in [3.63, 3.8) is 0 Å². The SMILES string of the molecule is O=C(CCCCO)NC1CCCCC1CO. The molecule has 1 rings (SSSR count). The maximum absolute atomic E-state index is 11.6. The lowest BCUT2D eigenvalue weighted by molar-refractivity contribution is -0.122. The monoisotopic (exact) mass is 229 g/mol. The zero-order valence-corrected chi connectivity index (χ0v) is 9.82. The summed E-state index contributed by atoms with van der Waals surface area (Å²) in [5, 5.41) is 20.8. The van der Waals surface area contributed by atoms with Crippen molar-refractivity contribution in [2.75, 3.05) is 13.2 Å². The van der Waals surface area contributed by atoms with Gasteiger partial charge in [-0.25, -0.2) is 0 Å². The van der Waals surface area contributed by atoms with Gasteiger partial charge in [-0.2, -0.15) is 0 Å². The van der Waals surface area contributed by atoms with E-state index in [0.29, 0.717) is 12.8 Å². The molecule has 2 unspecified atom stereocenters. The summed E-state index contributed by atoms with van der Waals surface area (Å²) >= 11 is 0. The summed E-state index contributed by atoms with van der Waals surface area (Å²) in [4.78, 5) is 11.6. The summed E-state index contributed by atoms with van der Waals surface area (Å²) in [5.74, 6) is 0.286. The first-order valence-corrected chi connectivity index (χ1v) is 6.29. The minimum atomic E-state index is 0.0544. The lowest BCUT2D eigenvalue weighted by atomic mass is 9.85. The second kappa shape index (κ2) is 7.63. The minimum absolute atomic E-state index is 0.0544. The fourth-order valence-corrected chi connectivity index (χ4v) is 2.29. The van der Waals surface area contributed by atoms with Crippen molar-refractivity contribution >= 4 is 5.91 Å². The molecule has 2 atom stereocenters. The zero-order chi connectivity index (χ0) is 11.8. The Hall–Kier alpha value is -0.610. The molecule has 16 heavy (non-hydrogen) atoms. The molecule has 94 valence electrons. The van der Waals surface area contributed by atoms with Crippen LogP contribution in [0.5, 0.6) is 0 Å². The van der Waals surface area contributed by atoms with Gasteiger partial charge in [0, 0.05) is 31.6 Å². The van der Waals surface area contributed by atoms with E-state index in [4.69, 9.17) is 5.11 Å². The molecule has 1 aliphatic carbocycles. The molecular formula is C12H23NO3. The van der Waals surface area contributed by atoms with Crippen LogP contribution in [0.25, 0.3) is 0 Å². The summed E-state index contributed by atoms with van der Waals surface area (Å²) in [6.45, 7) is 0.317. The molecule has 0 spiro atoms. The molecule has 0 aromatic rings. The molecule has 0 aromatic heterocycles. The number of hydrogen-bond acceptors (Lipinski definition) is 3. The number of aliphatic hydroxyl groups is 2. The first-order valence-electron chi connectivity index (χ1n) is 6.29. The molecule has 0 radical (unpaired) electrons. The van der Waals surface area contributed by atoms with Crippen molar-refractivity contribution in [2.45, 2.75) is 51.0 Å². The third-order valence-corrected chi connectivity index (χ3v) is 3.30. The Balaban J connectivity index is 2.25. The highest BCUT2D eigenvalue weighted by Gasteiger charge is 2.25. The van der Waals surface area contributed by atoms with Crippen LogP contribution in [0.1, 0.15) is 44.9 Å². The van der Waals surface area contributed by atoms with E-state index in [0.717, 1.165) is 32.1 Å². The first-order chi connectivity index (χ1) is 7.77. The number of amides is 1.